The van der Waals surface area contributed by atoms with Crippen molar-refractivity contribution in [1.82, 2.24) is 20.1 Å². The number of ether oxygens (including phenoxy) is 1. The van der Waals surface area contributed by atoms with Crippen LogP contribution < -0.4 is 14.5 Å². The second-order valence-electron chi connectivity index (χ2n) is 7.63. The van der Waals surface area contributed by atoms with Gasteiger partial charge < -0.3 is 19.4 Å². The van der Waals surface area contributed by atoms with Crippen molar-refractivity contribution in [1.29, 1.82) is 0 Å². The van der Waals surface area contributed by atoms with E-state index in [1.165, 1.54) is 26.4 Å². The first-order valence-electron chi connectivity index (χ1n) is 10.3. The van der Waals surface area contributed by atoms with Crippen LogP contribution in [0.4, 0.5) is 11.6 Å². The summed E-state index contributed by atoms with van der Waals surface area (Å²) < 4.78 is 5.23. The van der Waals surface area contributed by atoms with Gasteiger partial charge in [-0.15, -0.1) is 10.2 Å². The maximum atomic E-state index is 12.8. The van der Waals surface area contributed by atoms with Crippen LogP contribution in [0.3, 0.4) is 0 Å². The van der Waals surface area contributed by atoms with Gasteiger partial charge in [0.2, 0.25) is 5.88 Å². The summed E-state index contributed by atoms with van der Waals surface area (Å²) in [5.41, 5.74) is 0.503. The summed E-state index contributed by atoms with van der Waals surface area (Å²) >= 11 is 0. The summed E-state index contributed by atoms with van der Waals surface area (Å²) in [5.74, 6) is 2.14. The number of piperidine rings is 1. The first kappa shape index (κ1) is 19.4. The summed E-state index contributed by atoms with van der Waals surface area (Å²) in [6.07, 6.45) is 5.34. The molecule has 8 nitrogen and oxygen atoms in total. The maximum absolute atomic E-state index is 12.8. The number of carbonyl (C=O) groups excluding carboxylic acids is 1. The zero-order valence-corrected chi connectivity index (χ0v) is 17.1. The third-order valence-corrected chi connectivity index (χ3v) is 5.82. The van der Waals surface area contributed by atoms with Crippen LogP contribution in [-0.2, 0) is 0 Å². The van der Waals surface area contributed by atoms with Crippen LogP contribution in [0.5, 0.6) is 5.88 Å². The molecule has 0 spiro atoms. The molecule has 154 valence electrons. The molecule has 2 aliphatic heterocycles. The van der Waals surface area contributed by atoms with E-state index >= 15 is 0 Å². The van der Waals surface area contributed by atoms with Crippen molar-refractivity contribution in [3.63, 3.8) is 0 Å². The second-order valence-corrected chi connectivity index (χ2v) is 7.63. The Labute approximate surface area is 171 Å². The van der Waals surface area contributed by atoms with E-state index in [2.05, 4.69) is 38.0 Å². The van der Waals surface area contributed by atoms with Gasteiger partial charge in [-0.05, 0) is 50.5 Å². The topological polar surface area (TPSA) is 74.7 Å². The van der Waals surface area contributed by atoms with Crippen LogP contribution in [-0.4, -0.2) is 71.9 Å². The number of aromatic nitrogens is 3. The van der Waals surface area contributed by atoms with Gasteiger partial charge in [0, 0.05) is 45.0 Å². The van der Waals surface area contributed by atoms with Crippen LogP contribution in [0.25, 0.3) is 0 Å². The smallest absolute Gasteiger partial charge is 0.259 e. The minimum absolute atomic E-state index is 0.0462. The standard InChI is InChI=1S/C21H28N6O2/c1-16-6-3-4-11-27(16)19-9-8-18(23-24-19)25-12-14-26(15-13-25)21(28)17-7-5-10-22-20(17)29-2/h5,7-10,16H,3-4,6,11-15H2,1-2H3. The molecule has 0 bridgehead atoms. The number of hydrogen-bond donors (Lipinski definition) is 0. The van der Waals surface area contributed by atoms with Crippen molar-refractivity contribution in [2.45, 2.75) is 32.2 Å². The average Bonchev–Trinajstić information content (AvgIpc) is 2.79. The molecule has 2 fully saturated rings. The second kappa shape index (κ2) is 8.63. The molecule has 0 radical (unpaired) electrons. The largest absolute Gasteiger partial charge is 0.480 e. The van der Waals surface area contributed by atoms with E-state index < -0.39 is 0 Å². The number of hydrogen-bond acceptors (Lipinski definition) is 7. The molecule has 29 heavy (non-hydrogen) atoms. The Bertz CT molecular complexity index is 835. The fourth-order valence-corrected chi connectivity index (χ4v) is 4.10. The lowest BCUT2D eigenvalue weighted by atomic mass is 10.0. The summed E-state index contributed by atoms with van der Waals surface area (Å²) in [6.45, 7) is 6.01. The minimum Gasteiger partial charge on any atom is -0.480 e. The lowest BCUT2D eigenvalue weighted by Crippen LogP contribution is -2.49. The molecule has 0 saturated carbocycles. The van der Waals surface area contributed by atoms with Crippen LogP contribution in [0.1, 0.15) is 36.5 Å². The zero-order chi connectivity index (χ0) is 20.2. The Balaban J connectivity index is 1.37. The van der Waals surface area contributed by atoms with Crippen molar-refractivity contribution in [2.75, 3.05) is 49.6 Å². The Morgan fingerprint density at radius 2 is 1.79 bits per heavy atom. The number of piperazine rings is 1. The van der Waals surface area contributed by atoms with Crippen LogP contribution in [0.2, 0.25) is 0 Å². The molecule has 2 saturated heterocycles. The first-order valence-corrected chi connectivity index (χ1v) is 10.3. The van der Waals surface area contributed by atoms with Gasteiger partial charge in [-0.1, -0.05) is 0 Å². The highest BCUT2D eigenvalue weighted by molar-refractivity contribution is 5.96. The highest BCUT2D eigenvalue weighted by Gasteiger charge is 2.26. The molecule has 8 heteroatoms. The van der Waals surface area contributed by atoms with E-state index in [4.69, 9.17) is 4.74 Å². The molecule has 4 rings (SSSR count). The Hall–Kier alpha value is -2.90. The number of methoxy groups -OCH3 is 1. The zero-order valence-electron chi connectivity index (χ0n) is 17.1. The molecule has 2 aromatic rings. The summed E-state index contributed by atoms with van der Waals surface area (Å²) in [6, 6.07) is 8.15. The lowest BCUT2D eigenvalue weighted by molar-refractivity contribution is 0.0742. The maximum Gasteiger partial charge on any atom is 0.259 e. The predicted molar refractivity (Wildman–Crippen MR) is 112 cm³/mol. The van der Waals surface area contributed by atoms with E-state index in [-0.39, 0.29) is 5.91 Å². The molecule has 1 amide bonds. The van der Waals surface area contributed by atoms with Crippen molar-refractivity contribution < 1.29 is 9.53 Å². The van der Waals surface area contributed by atoms with Gasteiger partial charge in [0.15, 0.2) is 11.6 Å². The minimum atomic E-state index is -0.0462. The summed E-state index contributed by atoms with van der Waals surface area (Å²) in [5, 5.41) is 8.95. The van der Waals surface area contributed by atoms with Gasteiger partial charge in [-0.2, -0.15) is 0 Å². The third kappa shape index (κ3) is 4.11. The number of rotatable bonds is 4. The Kier molecular flexibility index (Phi) is 5.78. The van der Waals surface area contributed by atoms with Gasteiger partial charge in [0.05, 0.1) is 7.11 Å². The fourth-order valence-electron chi connectivity index (χ4n) is 4.10. The molecule has 0 N–H and O–H groups in total. The molecule has 0 aromatic carbocycles. The van der Waals surface area contributed by atoms with E-state index in [9.17, 15) is 4.79 Å². The highest BCUT2D eigenvalue weighted by atomic mass is 16.5. The molecule has 1 unspecified atom stereocenters. The SMILES string of the molecule is COc1ncccc1C(=O)N1CCN(c2ccc(N3CCCCC3C)nn2)CC1. The van der Waals surface area contributed by atoms with Crippen molar-refractivity contribution in [3.8, 4) is 5.88 Å². The van der Waals surface area contributed by atoms with E-state index in [1.807, 2.05) is 11.0 Å². The lowest BCUT2D eigenvalue weighted by Gasteiger charge is -2.36. The molecular formula is C21H28N6O2. The van der Waals surface area contributed by atoms with Crippen molar-refractivity contribution in [3.05, 3.63) is 36.0 Å². The van der Waals surface area contributed by atoms with Crippen molar-refractivity contribution >= 4 is 17.5 Å². The quantitative estimate of drug-likeness (QED) is 0.784. The molecule has 0 aliphatic carbocycles. The number of pyridine rings is 1. The first-order chi connectivity index (χ1) is 14.2. The van der Waals surface area contributed by atoms with E-state index in [0.717, 1.165) is 31.3 Å². The normalized spacial score (nSPS) is 19.9. The molecule has 4 heterocycles. The Morgan fingerprint density at radius 3 is 2.48 bits per heavy atom. The molecule has 2 aromatic heterocycles. The van der Waals surface area contributed by atoms with Gasteiger partial charge in [-0.25, -0.2) is 4.98 Å². The summed E-state index contributed by atoms with van der Waals surface area (Å²) in [4.78, 5) is 23.3. The Morgan fingerprint density at radius 1 is 1.03 bits per heavy atom. The third-order valence-electron chi connectivity index (χ3n) is 5.82. The van der Waals surface area contributed by atoms with Gasteiger partial charge in [-0.3, -0.25) is 4.79 Å². The molecule has 1 atom stereocenters. The monoisotopic (exact) mass is 396 g/mol. The number of anilines is 2. The molecule has 2 aliphatic rings. The number of amides is 1. The van der Waals surface area contributed by atoms with Crippen molar-refractivity contribution in [2.24, 2.45) is 0 Å². The fraction of sp³-hybridized carbons (Fsp3) is 0.524. The van der Waals surface area contributed by atoms with Gasteiger partial charge in [0.25, 0.3) is 5.91 Å². The summed E-state index contributed by atoms with van der Waals surface area (Å²) in [7, 11) is 1.53. The predicted octanol–water partition coefficient (Wildman–Crippen LogP) is 2.22. The number of carbonyl (C=O) groups is 1. The molecular weight excluding hydrogens is 368 g/mol. The average molecular weight is 396 g/mol. The van der Waals surface area contributed by atoms with E-state index in [0.29, 0.717) is 30.6 Å². The number of nitrogens with zero attached hydrogens (tertiary/aromatic N) is 6. The van der Waals surface area contributed by atoms with Gasteiger partial charge >= 0.3 is 0 Å². The van der Waals surface area contributed by atoms with Crippen LogP contribution in [0, 0.1) is 0 Å². The van der Waals surface area contributed by atoms with Crippen LogP contribution in [0.15, 0.2) is 30.5 Å². The highest BCUT2D eigenvalue weighted by Crippen LogP contribution is 2.24. The van der Waals surface area contributed by atoms with E-state index in [1.54, 1.807) is 18.3 Å². The van der Waals surface area contributed by atoms with Gasteiger partial charge in [0.1, 0.15) is 5.56 Å². The van der Waals surface area contributed by atoms with Crippen LogP contribution >= 0.6 is 0 Å².